The second kappa shape index (κ2) is 7.45. The van der Waals surface area contributed by atoms with Gasteiger partial charge in [0.2, 0.25) is 11.8 Å². The van der Waals surface area contributed by atoms with Gasteiger partial charge in [-0.1, -0.05) is 46.4 Å². The summed E-state index contributed by atoms with van der Waals surface area (Å²) in [5.74, 6) is 1.64. The lowest BCUT2D eigenvalue weighted by molar-refractivity contribution is 0.450. The Morgan fingerprint density at radius 3 is 2.04 bits per heavy atom. The Morgan fingerprint density at radius 1 is 0.750 bits per heavy atom. The summed E-state index contributed by atoms with van der Waals surface area (Å²) in [6, 6.07) is 11.5. The van der Waals surface area contributed by atoms with Crippen molar-refractivity contribution in [2.75, 3.05) is 0 Å². The molecule has 0 aliphatic carbocycles. The number of nitrogens with zero attached hydrogens (tertiary/aromatic N) is 2. The number of ether oxygens (including phenoxy) is 2. The fraction of sp³-hybridized carbons (Fsp3) is 0. The van der Waals surface area contributed by atoms with Crippen LogP contribution in [0.15, 0.2) is 48.7 Å². The lowest BCUT2D eigenvalue weighted by Gasteiger charge is -2.08. The number of pyridine rings is 2. The van der Waals surface area contributed by atoms with E-state index in [1.165, 1.54) is 12.3 Å². The highest BCUT2D eigenvalue weighted by Crippen LogP contribution is 2.31. The SMILES string of the molecule is Clc1cc(Cl)nc(Oc2ccc(Oc3ncc(Cl)cc3Cl)cc2)c1. The van der Waals surface area contributed by atoms with Gasteiger partial charge in [0.05, 0.1) is 5.02 Å². The van der Waals surface area contributed by atoms with Crippen molar-refractivity contribution < 1.29 is 9.47 Å². The van der Waals surface area contributed by atoms with Gasteiger partial charge in [0.15, 0.2) is 0 Å². The molecule has 0 fully saturated rings. The number of rotatable bonds is 4. The first kappa shape index (κ1) is 17.1. The zero-order valence-electron chi connectivity index (χ0n) is 11.8. The van der Waals surface area contributed by atoms with Crippen LogP contribution in [0.3, 0.4) is 0 Å². The fourth-order valence-electron chi connectivity index (χ4n) is 1.78. The smallest absolute Gasteiger partial charge is 0.238 e. The van der Waals surface area contributed by atoms with Gasteiger partial charge in [-0.3, -0.25) is 0 Å². The van der Waals surface area contributed by atoms with E-state index >= 15 is 0 Å². The zero-order chi connectivity index (χ0) is 17.1. The minimum Gasteiger partial charge on any atom is -0.439 e. The Bertz CT molecular complexity index is 852. The van der Waals surface area contributed by atoms with Crippen LogP contribution in [0.1, 0.15) is 0 Å². The van der Waals surface area contributed by atoms with Gasteiger partial charge in [-0.25, -0.2) is 9.97 Å². The van der Waals surface area contributed by atoms with Gasteiger partial charge >= 0.3 is 0 Å². The summed E-state index contributed by atoms with van der Waals surface area (Å²) in [5.41, 5.74) is 0. The Hall–Kier alpha value is -1.72. The van der Waals surface area contributed by atoms with Crippen LogP contribution in [-0.4, -0.2) is 9.97 Å². The molecule has 1 aromatic carbocycles. The molecule has 0 unspecified atom stereocenters. The van der Waals surface area contributed by atoms with Crippen LogP contribution < -0.4 is 9.47 Å². The number of benzene rings is 1. The molecule has 3 rings (SSSR count). The third-order valence-electron chi connectivity index (χ3n) is 2.77. The predicted molar refractivity (Wildman–Crippen MR) is 95.1 cm³/mol. The second-order valence-corrected chi connectivity index (χ2v) is 6.23. The van der Waals surface area contributed by atoms with Crippen molar-refractivity contribution in [3.05, 3.63) is 68.9 Å². The van der Waals surface area contributed by atoms with Crippen molar-refractivity contribution in [2.24, 2.45) is 0 Å². The summed E-state index contributed by atoms with van der Waals surface area (Å²) in [4.78, 5) is 8.05. The van der Waals surface area contributed by atoms with Crippen molar-refractivity contribution in [1.29, 1.82) is 0 Å². The molecular weight excluding hydrogens is 394 g/mol. The van der Waals surface area contributed by atoms with E-state index in [1.807, 2.05) is 0 Å². The minimum atomic E-state index is 0.251. The first-order chi connectivity index (χ1) is 11.5. The molecule has 0 N–H and O–H groups in total. The molecule has 4 nitrogen and oxygen atoms in total. The average Bonchev–Trinajstić information content (AvgIpc) is 2.51. The van der Waals surface area contributed by atoms with E-state index in [9.17, 15) is 0 Å². The third-order valence-corrected chi connectivity index (χ3v) is 3.66. The highest BCUT2D eigenvalue weighted by atomic mass is 35.5. The summed E-state index contributed by atoms with van der Waals surface area (Å²) >= 11 is 23.6. The normalized spacial score (nSPS) is 10.5. The molecule has 0 amide bonds. The fourth-order valence-corrected chi connectivity index (χ4v) is 2.65. The van der Waals surface area contributed by atoms with Crippen LogP contribution in [0.2, 0.25) is 20.2 Å². The molecular formula is C16H8Cl4N2O2. The molecule has 0 saturated heterocycles. The van der Waals surface area contributed by atoms with Crippen LogP contribution in [0.5, 0.6) is 23.3 Å². The van der Waals surface area contributed by atoms with Crippen LogP contribution in [0, 0.1) is 0 Å². The summed E-state index contributed by atoms with van der Waals surface area (Å²) in [7, 11) is 0. The van der Waals surface area contributed by atoms with E-state index in [1.54, 1.807) is 36.4 Å². The summed E-state index contributed by atoms with van der Waals surface area (Å²) in [6.07, 6.45) is 1.45. The molecule has 0 radical (unpaired) electrons. The van der Waals surface area contributed by atoms with Gasteiger partial charge in [0, 0.05) is 17.3 Å². The van der Waals surface area contributed by atoms with Crippen molar-refractivity contribution in [2.45, 2.75) is 0 Å². The van der Waals surface area contributed by atoms with Crippen LogP contribution in [-0.2, 0) is 0 Å². The second-order valence-electron chi connectivity index (χ2n) is 4.56. The summed E-state index contributed by atoms with van der Waals surface area (Å²) < 4.78 is 11.2. The molecule has 3 aromatic rings. The molecule has 0 aliphatic rings. The van der Waals surface area contributed by atoms with E-state index in [0.29, 0.717) is 32.4 Å². The minimum absolute atomic E-state index is 0.251. The van der Waals surface area contributed by atoms with Gasteiger partial charge in [-0.2, -0.15) is 0 Å². The predicted octanol–water partition coefficient (Wildman–Crippen LogP) is 6.67. The molecule has 2 heterocycles. The maximum Gasteiger partial charge on any atom is 0.238 e. The van der Waals surface area contributed by atoms with E-state index in [2.05, 4.69) is 9.97 Å². The van der Waals surface area contributed by atoms with Gasteiger partial charge in [0.25, 0.3) is 0 Å². The largest absolute Gasteiger partial charge is 0.439 e. The van der Waals surface area contributed by atoms with Crippen molar-refractivity contribution in [3.8, 4) is 23.3 Å². The highest BCUT2D eigenvalue weighted by molar-refractivity contribution is 6.35. The Labute approximate surface area is 157 Å². The lowest BCUT2D eigenvalue weighted by atomic mass is 10.3. The summed E-state index contributed by atoms with van der Waals surface area (Å²) in [5, 5.41) is 1.44. The number of hydrogen-bond donors (Lipinski definition) is 0. The molecule has 0 atom stereocenters. The van der Waals surface area contributed by atoms with Crippen LogP contribution >= 0.6 is 46.4 Å². The van der Waals surface area contributed by atoms with Gasteiger partial charge in [-0.05, 0) is 36.4 Å². The Kier molecular flexibility index (Phi) is 5.31. The van der Waals surface area contributed by atoms with Crippen molar-refractivity contribution in [1.82, 2.24) is 9.97 Å². The molecule has 2 aromatic heterocycles. The van der Waals surface area contributed by atoms with Crippen molar-refractivity contribution in [3.63, 3.8) is 0 Å². The van der Waals surface area contributed by atoms with Gasteiger partial charge < -0.3 is 9.47 Å². The Balaban J connectivity index is 1.73. The molecule has 0 bridgehead atoms. The van der Waals surface area contributed by atoms with Crippen molar-refractivity contribution >= 4 is 46.4 Å². The zero-order valence-corrected chi connectivity index (χ0v) is 14.9. The molecule has 24 heavy (non-hydrogen) atoms. The van der Waals surface area contributed by atoms with Gasteiger partial charge in [0.1, 0.15) is 21.7 Å². The molecule has 0 spiro atoms. The average molecular weight is 402 g/mol. The maximum atomic E-state index is 6.02. The van der Waals surface area contributed by atoms with Crippen LogP contribution in [0.4, 0.5) is 0 Å². The third kappa shape index (κ3) is 4.42. The van der Waals surface area contributed by atoms with E-state index in [0.717, 1.165) is 0 Å². The number of hydrogen-bond acceptors (Lipinski definition) is 4. The number of aromatic nitrogens is 2. The quantitative estimate of drug-likeness (QED) is 0.457. The molecule has 122 valence electrons. The monoisotopic (exact) mass is 400 g/mol. The number of halogens is 4. The lowest BCUT2D eigenvalue weighted by Crippen LogP contribution is -1.90. The van der Waals surface area contributed by atoms with Crippen LogP contribution in [0.25, 0.3) is 0 Å². The highest BCUT2D eigenvalue weighted by Gasteiger charge is 2.07. The van der Waals surface area contributed by atoms with Gasteiger partial charge in [-0.15, -0.1) is 0 Å². The van der Waals surface area contributed by atoms with E-state index in [-0.39, 0.29) is 11.0 Å². The molecule has 8 heteroatoms. The summed E-state index contributed by atoms with van der Waals surface area (Å²) in [6.45, 7) is 0. The topological polar surface area (TPSA) is 44.2 Å². The standard InChI is InChI=1S/C16H8Cl4N2O2/c17-9-6-14(20)22-15(7-9)23-11-1-3-12(4-2-11)24-16-13(19)5-10(18)8-21-16/h1-8H. The Morgan fingerprint density at radius 2 is 1.42 bits per heavy atom. The van der Waals surface area contributed by atoms with E-state index in [4.69, 9.17) is 55.9 Å². The maximum absolute atomic E-state index is 6.02. The first-order valence-electron chi connectivity index (χ1n) is 6.59. The first-order valence-corrected chi connectivity index (χ1v) is 8.11. The molecule has 0 aliphatic heterocycles. The molecule has 0 saturated carbocycles. The van der Waals surface area contributed by atoms with E-state index < -0.39 is 0 Å².